The SMILES string of the molecule is CC[NH+](CC)CC.CC[NH+](CC)CC.Nc1nc2c(ncn2[C@H]2C[C@H](O)[C@@H](COP([O-])(=S)[S-])O2)c(=O)[nH]1. The van der Waals surface area contributed by atoms with Crippen molar-refractivity contribution in [1.29, 1.82) is 0 Å². The lowest BCUT2D eigenvalue weighted by molar-refractivity contribution is -0.894. The van der Waals surface area contributed by atoms with Crippen molar-refractivity contribution in [2.45, 2.75) is 66.4 Å². The summed E-state index contributed by atoms with van der Waals surface area (Å²) in [6.07, 6.45) is -0.693. The van der Waals surface area contributed by atoms with Gasteiger partial charge in [-0.2, -0.15) is 4.98 Å². The first-order valence-electron chi connectivity index (χ1n) is 12.8. The van der Waals surface area contributed by atoms with E-state index in [1.165, 1.54) is 50.2 Å². The fourth-order valence-electron chi connectivity index (χ4n) is 3.85. The maximum atomic E-state index is 11.8. The summed E-state index contributed by atoms with van der Waals surface area (Å²) in [5, 5.41) is 10.0. The number of aromatic amines is 1. The molecule has 0 radical (unpaired) electrons. The molecule has 0 amide bonds. The highest BCUT2D eigenvalue weighted by Crippen LogP contribution is 2.37. The molecule has 1 aliphatic rings. The van der Waals surface area contributed by atoms with Crippen molar-refractivity contribution in [3.8, 4) is 0 Å². The van der Waals surface area contributed by atoms with Crippen molar-refractivity contribution >= 4 is 46.9 Å². The molecule has 3 heterocycles. The molecule has 37 heavy (non-hydrogen) atoms. The Bertz CT molecular complexity index is 1000. The maximum Gasteiger partial charge on any atom is 0.280 e. The number of hydrogen-bond acceptors (Lipinski definition) is 10. The van der Waals surface area contributed by atoms with Gasteiger partial charge in [0.05, 0.1) is 58.3 Å². The van der Waals surface area contributed by atoms with Crippen LogP contribution in [0.3, 0.4) is 0 Å². The highest BCUT2D eigenvalue weighted by atomic mass is 32.9. The average molecular weight is 582 g/mol. The van der Waals surface area contributed by atoms with E-state index < -0.39 is 29.7 Å². The summed E-state index contributed by atoms with van der Waals surface area (Å²) < 4.78 is 12.0. The summed E-state index contributed by atoms with van der Waals surface area (Å²) in [7, 11) is 0. The van der Waals surface area contributed by atoms with Gasteiger partial charge < -0.3 is 47.0 Å². The number of aromatic nitrogens is 4. The predicted molar refractivity (Wildman–Crippen MR) is 150 cm³/mol. The molecule has 0 bridgehead atoms. The third-order valence-electron chi connectivity index (χ3n) is 6.36. The number of rotatable bonds is 10. The van der Waals surface area contributed by atoms with Gasteiger partial charge in [-0.1, -0.05) is 0 Å². The molecule has 1 aliphatic heterocycles. The highest BCUT2D eigenvalue weighted by Gasteiger charge is 2.36. The number of quaternary nitrogens is 2. The number of fused-ring (bicyclic) bond motifs is 1. The predicted octanol–water partition coefficient (Wildman–Crippen LogP) is -1.64. The molecule has 12 nitrogen and oxygen atoms in total. The molecule has 1 unspecified atom stereocenters. The van der Waals surface area contributed by atoms with Gasteiger partial charge in [-0.3, -0.25) is 14.3 Å². The molecule has 6 N–H and O–H groups in total. The molecule has 2 aromatic heterocycles. The Labute approximate surface area is 229 Å². The number of nitrogens with one attached hydrogen (secondary N) is 3. The van der Waals surface area contributed by atoms with E-state index in [1.807, 2.05) is 0 Å². The van der Waals surface area contributed by atoms with E-state index in [4.69, 9.17) is 15.0 Å². The van der Waals surface area contributed by atoms with Gasteiger partial charge in [0.25, 0.3) is 5.56 Å². The molecule has 0 aromatic carbocycles. The van der Waals surface area contributed by atoms with Crippen LogP contribution in [-0.2, 0) is 33.3 Å². The summed E-state index contributed by atoms with van der Waals surface area (Å²) >= 11 is 8.99. The van der Waals surface area contributed by atoms with E-state index >= 15 is 0 Å². The van der Waals surface area contributed by atoms with Crippen LogP contribution in [-0.4, -0.2) is 82.7 Å². The molecule has 0 saturated carbocycles. The van der Waals surface area contributed by atoms with Gasteiger partial charge in [-0.05, 0) is 41.5 Å². The minimum absolute atomic E-state index is 0.0548. The molecule has 0 aliphatic carbocycles. The Hall–Kier alpha value is -1.09. The number of nitrogens with zero attached hydrogens (tertiary/aromatic N) is 3. The van der Waals surface area contributed by atoms with Crippen LogP contribution < -0.4 is 26.0 Å². The number of aliphatic hydroxyl groups is 1. The number of ether oxygens (including phenoxy) is 1. The quantitative estimate of drug-likeness (QED) is 0.163. The number of nitrogen functional groups attached to an aromatic ring is 1. The molecular formula is C22H44N7O5PS2. The van der Waals surface area contributed by atoms with Crippen molar-refractivity contribution in [1.82, 2.24) is 19.5 Å². The van der Waals surface area contributed by atoms with Gasteiger partial charge in [0.1, 0.15) is 12.3 Å². The van der Waals surface area contributed by atoms with E-state index in [9.17, 15) is 14.8 Å². The first kappa shape index (κ1) is 33.9. The number of aliphatic hydroxyl groups excluding tert-OH is 1. The lowest BCUT2D eigenvalue weighted by Crippen LogP contribution is -3.11. The molecule has 1 saturated heterocycles. The molecule has 4 atom stereocenters. The van der Waals surface area contributed by atoms with E-state index in [2.05, 4.69) is 80.5 Å². The van der Waals surface area contributed by atoms with Gasteiger partial charge in [0.15, 0.2) is 11.2 Å². The largest absolute Gasteiger partial charge is 0.819 e. The number of nitrogens with two attached hydrogens (primary N) is 1. The van der Waals surface area contributed by atoms with Gasteiger partial charge in [-0.15, -0.1) is 17.5 Å². The summed E-state index contributed by atoms with van der Waals surface area (Å²) in [6, 6.07) is 0. The van der Waals surface area contributed by atoms with Gasteiger partial charge in [0.2, 0.25) is 5.95 Å². The topological polar surface area (TPSA) is 160 Å². The number of imidazole rings is 1. The van der Waals surface area contributed by atoms with Gasteiger partial charge in [0, 0.05) is 6.42 Å². The van der Waals surface area contributed by atoms with E-state index in [-0.39, 0.29) is 30.1 Å². The zero-order chi connectivity index (χ0) is 28.2. The molecule has 15 heteroatoms. The van der Waals surface area contributed by atoms with Crippen LogP contribution in [0.5, 0.6) is 0 Å². The van der Waals surface area contributed by atoms with Crippen molar-refractivity contribution in [3.05, 3.63) is 16.7 Å². The first-order valence-corrected chi connectivity index (χ1v) is 16.5. The van der Waals surface area contributed by atoms with Crippen LogP contribution in [0.1, 0.15) is 54.2 Å². The first-order chi connectivity index (χ1) is 17.4. The average Bonchev–Trinajstić information content (AvgIpc) is 3.43. The normalized spacial score (nSPS) is 20.9. The second-order valence-electron chi connectivity index (χ2n) is 8.57. The fourth-order valence-corrected chi connectivity index (χ4v) is 4.55. The molecule has 1 fully saturated rings. The third-order valence-corrected chi connectivity index (χ3v) is 7.46. The Morgan fingerprint density at radius 1 is 1.22 bits per heavy atom. The highest BCUT2D eigenvalue weighted by molar-refractivity contribution is 8.50. The van der Waals surface area contributed by atoms with Gasteiger partial charge in [-0.25, -0.2) is 4.98 Å². The van der Waals surface area contributed by atoms with Crippen molar-refractivity contribution in [3.63, 3.8) is 0 Å². The lowest BCUT2D eigenvalue weighted by atomic mass is 10.2. The molecule has 0 spiro atoms. The van der Waals surface area contributed by atoms with E-state index in [1.54, 1.807) is 9.80 Å². The Balaban J connectivity index is 0.000000404. The second kappa shape index (κ2) is 16.8. The molecular weight excluding hydrogens is 537 g/mol. The van der Waals surface area contributed by atoms with Crippen molar-refractivity contribution in [2.24, 2.45) is 0 Å². The van der Waals surface area contributed by atoms with Crippen molar-refractivity contribution < 1.29 is 29.1 Å². The van der Waals surface area contributed by atoms with Crippen LogP contribution in [0, 0.1) is 0 Å². The van der Waals surface area contributed by atoms with E-state index in [0.29, 0.717) is 0 Å². The maximum absolute atomic E-state index is 11.8. The van der Waals surface area contributed by atoms with Crippen LogP contribution in [0.25, 0.3) is 11.2 Å². The lowest BCUT2D eigenvalue weighted by Gasteiger charge is -2.36. The summed E-state index contributed by atoms with van der Waals surface area (Å²) in [6.45, 7) is 20.8. The fraction of sp³-hybridized carbons (Fsp3) is 0.773. The van der Waals surface area contributed by atoms with Crippen LogP contribution in [0.15, 0.2) is 11.1 Å². The molecule has 2 aromatic rings. The third kappa shape index (κ3) is 11.3. The smallest absolute Gasteiger partial charge is 0.280 e. The number of anilines is 1. The van der Waals surface area contributed by atoms with Gasteiger partial charge >= 0.3 is 0 Å². The van der Waals surface area contributed by atoms with Crippen LogP contribution in [0.4, 0.5) is 5.95 Å². The number of hydrogen-bond donors (Lipinski definition) is 5. The zero-order valence-corrected chi connectivity index (χ0v) is 25.3. The summed E-state index contributed by atoms with van der Waals surface area (Å²) in [5.74, 6) is -0.0548. The Morgan fingerprint density at radius 2 is 1.73 bits per heavy atom. The minimum Gasteiger partial charge on any atom is -0.819 e. The standard InChI is InChI=1S/C10H14N5O5PS2.2C6H15N/c11-10-13-8-7(9(17)14-10)12-3-15(8)6-1-4(16)5(20-6)2-19-21(18,22)23;2*1-4-7(5-2)6-3/h3-6,16H,1-2H2,(H2,18,22,23)(H3,11,13,14,17);2*4-6H2,1-3H3/t4-,5+,6+;;/m0../s1. The Kier molecular flexibility index (Phi) is 15.4. The van der Waals surface area contributed by atoms with Crippen LogP contribution in [0.2, 0.25) is 0 Å². The minimum atomic E-state index is -3.49. The monoisotopic (exact) mass is 581 g/mol. The van der Waals surface area contributed by atoms with E-state index in [0.717, 1.165) is 0 Å². The summed E-state index contributed by atoms with van der Waals surface area (Å²) in [4.78, 5) is 36.7. The van der Waals surface area contributed by atoms with Crippen LogP contribution >= 0.6 is 5.69 Å². The number of H-pyrrole nitrogens is 1. The molecule has 214 valence electrons. The zero-order valence-electron chi connectivity index (χ0n) is 22.7. The Morgan fingerprint density at radius 3 is 2.16 bits per heavy atom. The summed E-state index contributed by atoms with van der Waals surface area (Å²) in [5.41, 5.74) is 1.91. The van der Waals surface area contributed by atoms with Crippen molar-refractivity contribution in [2.75, 3.05) is 51.6 Å². The molecule has 3 rings (SSSR count). The second-order valence-corrected chi connectivity index (χ2v) is 13.3.